The molecule has 0 heterocycles. The molecule has 0 bridgehead atoms. The summed E-state index contributed by atoms with van der Waals surface area (Å²) < 4.78 is 32.4. The molecule has 0 radical (unpaired) electrons. The van der Waals surface area contributed by atoms with Crippen molar-refractivity contribution in [2.75, 3.05) is 0 Å². The number of carbonyl (C=O) groups is 1. The van der Waals surface area contributed by atoms with Crippen molar-refractivity contribution in [1.82, 2.24) is 0 Å². The summed E-state index contributed by atoms with van der Waals surface area (Å²) in [7, 11) is 0. The number of allylic oxidation sites excluding steroid dienone is 1. The molecular formula is C3HF3O. The summed E-state index contributed by atoms with van der Waals surface area (Å²) in [6.07, 6.45) is -3.12. The van der Waals surface area contributed by atoms with Gasteiger partial charge in [-0.05, 0) is 0 Å². The van der Waals surface area contributed by atoms with Crippen molar-refractivity contribution in [3.63, 3.8) is 0 Å². The topological polar surface area (TPSA) is 17.1 Å². The predicted molar refractivity (Wildman–Crippen MR) is 16.4 cm³/mol. The second-order valence-corrected chi connectivity index (χ2v) is 0.726. The van der Waals surface area contributed by atoms with Gasteiger partial charge < -0.3 is 0 Å². The van der Waals surface area contributed by atoms with Crippen LogP contribution in [0.25, 0.3) is 0 Å². The van der Waals surface area contributed by atoms with Gasteiger partial charge >= 0.3 is 6.08 Å². The third-order valence-corrected chi connectivity index (χ3v) is 0.284. The van der Waals surface area contributed by atoms with E-state index in [0.29, 0.717) is 0 Å². The van der Waals surface area contributed by atoms with E-state index < -0.39 is 18.2 Å². The lowest BCUT2D eigenvalue weighted by Gasteiger charge is -1.73. The number of hydrogen-bond donors (Lipinski definition) is 0. The molecule has 4 heteroatoms. The van der Waals surface area contributed by atoms with E-state index in [1.807, 2.05) is 0 Å². The Bertz CT molecular complexity index is 103. The molecule has 0 aliphatic carbocycles. The Morgan fingerprint density at radius 3 is 1.71 bits per heavy atom. The summed E-state index contributed by atoms with van der Waals surface area (Å²) in [5.74, 6) is -2.00. The zero-order chi connectivity index (χ0) is 5.86. The molecule has 1 nitrogen and oxygen atoms in total. The minimum atomic E-state index is -2.57. The molecule has 0 N–H and O–H groups in total. The monoisotopic (exact) mass is 110 g/mol. The van der Waals surface area contributed by atoms with Gasteiger partial charge in [0.05, 0.1) is 0 Å². The smallest absolute Gasteiger partial charge is 0.295 e. The van der Waals surface area contributed by atoms with Crippen LogP contribution < -0.4 is 0 Å². The Balaban J connectivity index is 3.98. The number of carbonyl (C=O) groups excluding carboxylic acids is 1. The van der Waals surface area contributed by atoms with E-state index in [0.717, 1.165) is 0 Å². The highest BCUT2D eigenvalue weighted by molar-refractivity contribution is 5.69. The molecule has 0 aromatic carbocycles. The summed E-state index contributed by atoms with van der Waals surface area (Å²) in [5.41, 5.74) is 0. The summed E-state index contributed by atoms with van der Waals surface area (Å²) in [5, 5.41) is 0. The Morgan fingerprint density at radius 1 is 1.29 bits per heavy atom. The molecule has 0 saturated heterocycles. The molecule has 0 saturated carbocycles. The molecule has 0 amide bonds. The molecule has 0 aromatic rings. The van der Waals surface area contributed by atoms with Crippen LogP contribution in [0.3, 0.4) is 0 Å². The molecule has 0 fully saturated rings. The van der Waals surface area contributed by atoms with Crippen molar-refractivity contribution in [2.24, 2.45) is 0 Å². The van der Waals surface area contributed by atoms with E-state index in [2.05, 4.69) is 0 Å². The molecule has 40 valence electrons. The molecule has 0 rings (SSSR count). The third-order valence-electron chi connectivity index (χ3n) is 0.284. The molecule has 0 aliphatic heterocycles. The van der Waals surface area contributed by atoms with Crippen molar-refractivity contribution >= 4 is 6.29 Å². The van der Waals surface area contributed by atoms with Gasteiger partial charge in [-0.3, -0.25) is 4.79 Å². The van der Waals surface area contributed by atoms with Crippen LogP contribution in [-0.4, -0.2) is 6.29 Å². The van der Waals surface area contributed by atoms with Gasteiger partial charge in [-0.1, -0.05) is 0 Å². The molecule has 0 unspecified atom stereocenters. The molecule has 7 heavy (non-hydrogen) atoms. The first kappa shape index (κ1) is 6.20. The number of hydrogen-bond acceptors (Lipinski definition) is 1. The molecule has 0 spiro atoms. The zero-order valence-corrected chi connectivity index (χ0v) is 3.12. The van der Waals surface area contributed by atoms with Crippen LogP contribution in [0.4, 0.5) is 13.2 Å². The highest BCUT2D eigenvalue weighted by Crippen LogP contribution is 2.04. The van der Waals surface area contributed by atoms with E-state index in [1.54, 1.807) is 0 Å². The molecule has 0 aromatic heterocycles. The predicted octanol–water partition coefficient (Wildman–Crippen LogP) is 1.26. The van der Waals surface area contributed by atoms with Crippen LogP contribution in [-0.2, 0) is 4.79 Å². The lowest BCUT2D eigenvalue weighted by Crippen LogP contribution is -1.72. The van der Waals surface area contributed by atoms with Gasteiger partial charge in [0.25, 0.3) is 0 Å². The quantitative estimate of drug-likeness (QED) is 0.367. The van der Waals surface area contributed by atoms with Gasteiger partial charge in [0.15, 0.2) is 6.29 Å². The van der Waals surface area contributed by atoms with Crippen LogP contribution >= 0.6 is 0 Å². The first-order chi connectivity index (χ1) is 3.18. The zero-order valence-electron chi connectivity index (χ0n) is 3.12. The van der Waals surface area contributed by atoms with Crippen LogP contribution in [0.5, 0.6) is 0 Å². The van der Waals surface area contributed by atoms with Crippen molar-refractivity contribution in [1.29, 1.82) is 0 Å². The molecular weight excluding hydrogens is 109 g/mol. The van der Waals surface area contributed by atoms with Gasteiger partial charge in [0.2, 0.25) is 5.83 Å². The average Bonchev–Trinajstić information content (AvgIpc) is 1.65. The van der Waals surface area contributed by atoms with Crippen LogP contribution in [0.15, 0.2) is 11.9 Å². The van der Waals surface area contributed by atoms with Crippen LogP contribution in [0.2, 0.25) is 0 Å². The fourth-order valence-electron chi connectivity index (χ4n) is 0.0445. The molecule has 0 atom stereocenters. The van der Waals surface area contributed by atoms with Gasteiger partial charge in [-0.25, -0.2) is 0 Å². The van der Waals surface area contributed by atoms with Gasteiger partial charge in [0.1, 0.15) is 0 Å². The van der Waals surface area contributed by atoms with E-state index >= 15 is 0 Å². The summed E-state index contributed by atoms with van der Waals surface area (Å²) in [6, 6.07) is 0. The van der Waals surface area contributed by atoms with Crippen molar-refractivity contribution in [2.45, 2.75) is 0 Å². The summed E-state index contributed by atoms with van der Waals surface area (Å²) in [4.78, 5) is 9.03. The Kier molecular flexibility index (Phi) is 2.11. The Morgan fingerprint density at radius 2 is 1.71 bits per heavy atom. The maximum atomic E-state index is 11.0. The maximum Gasteiger partial charge on any atom is 0.309 e. The fourth-order valence-corrected chi connectivity index (χ4v) is 0.0445. The lowest BCUT2D eigenvalue weighted by molar-refractivity contribution is -0.106. The first-order valence-electron chi connectivity index (χ1n) is 1.34. The van der Waals surface area contributed by atoms with E-state index in [-0.39, 0.29) is 0 Å². The Hall–Kier alpha value is -0.800. The van der Waals surface area contributed by atoms with E-state index in [4.69, 9.17) is 4.79 Å². The lowest BCUT2D eigenvalue weighted by atomic mass is 10.7. The minimum Gasteiger partial charge on any atom is -0.295 e. The van der Waals surface area contributed by atoms with Gasteiger partial charge in [0, 0.05) is 0 Å². The SMILES string of the molecule is O=CC(F)=C(F)F. The van der Waals surface area contributed by atoms with Gasteiger partial charge in [-0.2, -0.15) is 13.2 Å². The highest BCUT2D eigenvalue weighted by Gasteiger charge is 1.99. The van der Waals surface area contributed by atoms with Crippen molar-refractivity contribution in [3.05, 3.63) is 11.9 Å². The third kappa shape index (κ3) is 1.97. The van der Waals surface area contributed by atoms with Crippen LogP contribution in [0, 0.1) is 0 Å². The number of halogens is 3. The summed E-state index contributed by atoms with van der Waals surface area (Å²) >= 11 is 0. The minimum absolute atomic E-state index is 0.546. The van der Waals surface area contributed by atoms with E-state index in [1.165, 1.54) is 0 Å². The fraction of sp³-hybridized carbons (Fsp3) is 0. The second kappa shape index (κ2) is 2.39. The average molecular weight is 110 g/mol. The molecule has 0 aliphatic rings. The normalized spacial score (nSPS) is 7.86. The standard InChI is InChI=1S/C3HF3O/c4-2(1-7)3(5)6/h1H. The van der Waals surface area contributed by atoms with E-state index in [9.17, 15) is 13.2 Å². The number of aldehydes is 1. The highest BCUT2D eigenvalue weighted by atomic mass is 19.3. The maximum absolute atomic E-state index is 11.0. The largest absolute Gasteiger partial charge is 0.309 e. The van der Waals surface area contributed by atoms with Crippen molar-refractivity contribution in [3.8, 4) is 0 Å². The summed E-state index contributed by atoms with van der Waals surface area (Å²) in [6.45, 7) is 0. The second-order valence-electron chi connectivity index (χ2n) is 0.726. The first-order valence-corrected chi connectivity index (χ1v) is 1.34. The number of rotatable bonds is 1. The van der Waals surface area contributed by atoms with Crippen LogP contribution in [0.1, 0.15) is 0 Å². The van der Waals surface area contributed by atoms with Gasteiger partial charge in [-0.15, -0.1) is 0 Å². The van der Waals surface area contributed by atoms with Crippen molar-refractivity contribution < 1.29 is 18.0 Å². The Labute approximate surface area is 37.4 Å².